The molecule has 74 valence electrons. The summed E-state index contributed by atoms with van der Waals surface area (Å²) in [5.74, 6) is -0.201. The lowest BCUT2D eigenvalue weighted by Crippen LogP contribution is -2.36. The smallest absolute Gasteiger partial charge is 0.251 e. The summed E-state index contributed by atoms with van der Waals surface area (Å²) in [5, 5.41) is 2.68. The Morgan fingerprint density at radius 2 is 2.07 bits per heavy atom. The van der Waals surface area contributed by atoms with Gasteiger partial charge >= 0.3 is 0 Å². The SMILES string of the molecule is CC1(NC(=O)c2ccccc2)CC1F. The van der Waals surface area contributed by atoms with E-state index in [2.05, 4.69) is 5.32 Å². The van der Waals surface area contributed by atoms with Gasteiger partial charge in [0.2, 0.25) is 0 Å². The average molecular weight is 193 g/mol. The van der Waals surface area contributed by atoms with Gasteiger partial charge in [0.1, 0.15) is 6.17 Å². The minimum atomic E-state index is -0.893. The van der Waals surface area contributed by atoms with Gasteiger partial charge in [0.05, 0.1) is 5.54 Å². The molecule has 2 rings (SSSR count). The van der Waals surface area contributed by atoms with Crippen molar-refractivity contribution < 1.29 is 9.18 Å². The first-order valence-corrected chi connectivity index (χ1v) is 4.63. The molecule has 1 N–H and O–H groups in total. The van der Waals surface area contributed by atoms with E-state index in [-0.39, 0.29) is 5.91 Å². The summed E-state index contributed by atoms with van der Waals surface area (Å²) in [5.41, 5.74) is -0.0553. The van der Waals surface area contributed by atoms with Gasteiger partial charge in [-0.05, 0) is 19.1 Å². The van der Waals surface area contributed by atoms with Crippen LogP contribution in [-0.4, -0.2) is 17.6 Å². The third-order valence-electron chi connectivity index (χ3n) is 2.57. The third kappa shape index (κ3) is 1.62. The van der Waals surface area contributed by atoms with Gasteiger partial charge in [-0.25, -0.2) is 4.39 Å². The van der Waals surface area contributed by atoms with Gasteiger partial charge in [0.25, 0.3) is 5.91 Å². The van der Waals surface area contributed by atoms with Crippen LogP contribution in [0, 0.1) is 0 Å². The van der Waals surface area contributed by atoms with Gasteiger partial charge in [0.15, 0.2) is 0 Å². The first-order valence-electron chi connectivity index (χ1n) is 4.63. The van der Waals surface area contributed by atoms with E-state index in [1.54, 1.807) is 31.2 Å². The Morgan fingerprint density at radius 3 is 2.57 bits per heavy atom. The highest BCUT2D eigenvalue weighted by Gasteiger charge is 2.52. The molecule has 0 radical (unpaired) electrons. The monoisotopic (exact) mass is 193 g/mol. The molecule has 0 spiro atoms. The Bertz CT molecular complexity index is 352. The highest BCUT2D eigenvalue weighted by Crippen LogP contribution is 2.38. The molecule has 1 saturated carbocycles. The van der Waals surface area contributed by atoms with Crippen LogP contribution in [-0.2, 0) is 0 Å². The highest BCUT2D eigenvalue weighted by atomic mass is 19.1. The first kappa shape index (κ1) is 9.19. The van der Waals surface area contributed by atoms with Crippen LogP contribution < -0.4 is 5.32 Å². The molecule has 0 saturated heterocycles. The number of amides is 1. The predicted octanol–water partition coefficient (Wildman–Crippen LogP) is 1.92. The maximum Gasteiger partial charge on any atom is 0.251 e. The van der Waals surface area contributed by atoms with Gasteiger partial charge in [-0.2, -0.15) is 0 Å². The van der Waals surface area contributed by atoms with E-state index in [1.165, 1.54) is 0 Å². The molecule has 14 heavy (non-hydrogen) atoms. The fourth-order valence-electron chi connectivity index (χ4n) is 1.36. The van der Waals surface area contributed by atoms with Crippen LogP contribution in [0.4, 0.5) is 4.39 Å². The van der Waals surface area contributed by atoms with Crippen molar-refractivity contribution in [2.45, 2.75) is 25.1 Å². The number of carbonyl (C=O) groups excluding carboxylic acids is 1. The van der Waals surface area contributed by atoms with Crippen molar-refractivity contribution >= 4 is 5.91 Å². The topological polar surface area (TPSA) is 29.1 Å². The minimum absolute atomic E-state index is 0.201. The summed E-state index contributed by atoms with van der Waals surface area (Å²) < 4.78 is 12.8. The first-order chi connectivity index (χ1) is 6.62. The molecule has 1 fully saturated rings. The van der Waals surface area contributed by atoms with Crippen molar-refractivity contribution in [2.24, 2.45) is 0 Å². The van der Waals surface area contributed by atoms with Crippen molar-refractivity contribution in [1.29, 1.82) is 0 Å². The second-order valence-corrected chi connectivity index (χ2v) is 3.91. The Balaban J connectivity index is 2.04. The van der Waals surface area contributed by atoms with E-state index in [0.29, 0.717) is 12.0 Å². The summed E-state index contributed by atoms with van der Waals surface area (Å²) in [6, 6.07) is 8.85. The minimum Gasteiger partial charge on any atom is -0.344 e. The van der Waals surface area contributed by atoms with Crippen molar-refractivity contribution in [1.82, 2.24) is 5.32 Å². The fourth-order valence-corrected chi connectivity index (χ4v) is 1.36. The Labute approximate surface area is 82.1 Å². The summed E-state index contributed by atoms with van der Waals surface area (Å²) in [6.07, 6.45) is -0.471. The summed E-state index contributed by atoms with van der Waals surface area (Å²) in [4.78, 5) is 11.6. The Hall–Kier alpha value is -1.38. The molecule has 1 amide bonds. The fraction of sp³-hybridized carbons (Fsp3) is 0.364. The summed E-state index contributed by atoms with van der Waals surface area (Å²) >= 11 is 0. The standard InChI is InChI=1S/C11H12FNO/c1-11(7-9(11)12)13-10(14)8-5-3-2-4-6-8/h2-6,9H,7H2,1H3,(H,13,14). The average Bonchev–Trinajstić information content (AvgIpc) is 2.75. The molecule has 1 aromatic carbocycles. The van der Waals surface area contributed by atoms with Crippen LogP contribution in [0.1, 0.15) is 23.7 Å². The largest absolute Gasteiger partial charge is 0.344 e. The quantitative estimate of drug-likeness (QED) is 0.763. The number of nitrogens with one attached hydrogen (secondary N) is 1. The molecular weight excluding hydrogens is 181 g/mol. The second-order valence-electron chi connectivity index (χ2n) is 3.91. The number of benzene rings is 1. The number of alkyl halides is 1. The zero-order valence-corrected chi connectivity index (χ0v) is 7.96. The summed E-state index contributed by atoms with van der Waals surface area (Å²) in [6.45, 7) is 1.72. The van der Waals surface area contributed by atoms with Crippen LogP contribution in [0.3, 0.4) is 0 Å². The zero-order chi connectivity index (χ0) is 10.2. The van der Waals surface area contributed by atoms with E-state index in [0.717, 1.165) is 0 Å². The lowest BCUT2D eigenvalue weighted by Gasteiger charge is -2.11. The maximum atomic E-state index is 12.8. The van der Waals surface area contributed by atoms with Crippen molar-refractivity contribution in [3.8, 4) is 0 Å². The molecule has 1 aromatic rings. The molecule has 3 heteroatoms. The highest BCUT2D eigenvalue weighted by molar-refractivity contribution is 5.94. The van der Waals surface area contributed by atoms with E-state index in [1.807, 2.05) is 6.07 Å². The molecule has 2 unspecified atom stereocenters. The van der Waals surface area contributed by atoms with Crippen LogP contribution >= 0.6 is 0 Å². The van der Waals surface area contributed by atoms with E-state index >= 15 is 0 Å². The lowest BCUT2D eigenvalue weighted by atomic mass is 10.2. The van der Waals surface area contributed by atoms with Crippen molar-refractivity contribution in [2.75, 3.05) is 0 Å². The molecule has 0 heterocycles. The molecule has 0 aromatic heterocycles. The van der Waals surface area contributed by atoms with Gasteiger partial charge in [-0.3, -0.25) is 4.79 Å². The molecule has 0 bridgehead atoms. The Kier molecular flexibility index (Phi) is 2.02. The molecule has 0 aliphatic heterocycles. The molecule has 2 nitrogen and oxygen atoms in total. The van der Waals surface area contributed by atoms with Gasteiger partial charge in [-0.15, -0.1) is 0 Å². The number of carbonyl (C=O) groups is 1. The van der Waals surface area contributed by atoms with E-state index in [4.69, 9.17) is 0 Å². The van der Waals surface area contributed by atoms with Gasteiger partial charge in [-0.1, -0.05) is 18.2 Å². The van der Waals surface area contributed by atoms with Crippen LogP contribution in [0.25, 0.3) is 0 Å². The van der Waals surface area contributed by atoms with E-state index < -0.39 is 11.7 Å². The number of rotatable bonds is 2. The number of hydrogen-bond donors (Lipinski definition) is 1. The lowest BCUT2D eigenvalue weighted by molar-refractivity contribution is 0.0929. The third-order valence-corrected chi connectivity index (χ3v) is 2.57. The van der Waals surface area contributed by atoms with Crippen LogP contribution in [0.5, 0.6) is 0 Å². The Morgan fingerprint density at radius 1 is 1.50 bits per heavy atom. The summed E-state index contributed by atoms with van der Waals surface area (Å²) in [7, 11) is 0. The number of hydrogen-bond acceptors (Lipinski definition) is 1. The van der Waals surface area contributed by atoms with Crippen molar-refractivity contribution in [3.63, 3.8) is 0 Å². The van der Waals surface area contributed by atoms with E-state index in [9.17, 15) is 9.18 Å². The van der Waals surface area contributed by atoms with Crippen molar-refractivity contribution in [3.05, 3.63) is 35.9 Å². The van der Waals surface area contributed by atoms with Crippen LogP contribution in [0.15, 0.2) is 30.3 Å². The van der Waals surface area contributed by atoms with Crippen LogP contribution in [0.2, 0.25) is 0 Å². The van der Waals surface area contributed by atoms with Gasteiger partial charge in [0, 0.05) is 12.0 Å². The number of halogens is 1. The van der Waals surface area contributed by atoms with Gasteiger partial charge < -0.3 is 5.32 Å². The second kappa shape index (κ2) is 3.08. The molecule has 1 aliphatic carbocycles. The molecular formula is C11H12FNO. The molecule has 1 aliphatic rings. The maximum absolute atomic E-state index is 12.8. The normalized spacial score (nSPS) is 29.7. The molecule has 2 atom stereocenters. The predicted molar refractivity (Wildman–Crippen MR) is 51.8 cm³/mol. The zero-order valence-electron chi connectivity index (χ0n) is 7.96.